The van der Waals surface area contributed by atoms with Crippen molar-refractivity contribution in [1.29, 1.82) is 0 Å². The molecule has 1 saturated heterocycles. The van der Waals surface area contributed by atoms with E-state index >= 15 is 0 Å². The Hall–Kier alpha value is -4.64. The van der Waals surface area contributed by atoms with Crippen LogP contribution in [-0.4, -0.2) is 64.4 Å². The molecule has 1 aliphatic heterocycles. The summed E-state index contributed by atoms with van der Waals surface area (Å²) in [6.45, 7) is -1.37. The molecule has 6 rings (SSSR count). The number of amides is 3. The second kappa shape index (κ2) is 11.3. The highest BCUT2D eigenvalue weighted by Gasteiger charge is 2.41. The minimum atomic E-state index is -3.04. The Morgan fingerprint density at radius 3 is 2.69 bits per heavy atom. The van der Waals surface area contributed by atoms with Crippen molar-refractivity contribution in [2.75, 3.05) is 13.1 Å². The molecule has 42 heavy (non-hydrogen) atoms. The molecular formula is C31H29F2N5O4. The average molecular weight is 574 g/mol. The van der Waals surface area contributed by atoms with E-state index in [1.165, 1.54) is 10.5 Å². The molecule has 2 aliphatic rings. The van der Waals surface area contributed by atoms with E-state index in [4.69, 9.17) is 0 Å². The van der Waals surface area contributed by atoms with E-state index in [2.05, 4.69) is 38.3 Å². The van der Waals surface area contributed by atoms with Crippen LogP contribution in [0.15, 0.2) is 67.0 Å². The molecule has 0 radical (unpaired) electrons. The van der Waals surface area contributed by atoms with E-state index < -0.39 is 43.0 Å². The molecule has 3 heterocycles. The smallest absolute Gasteiger partial charge is 0.345 e. The number of carbonyl (C=O) groups excluding carboxylic acids is 3. The van der Waals surface area contributed by atoms with Crippen molar-refractivity contribution in [3.8, 4) is 11.1 Å². The van der Waals surface area contributed by atoms with Gasteiger partial charge in [-0.1, -0.05) is 37.3 Å². The summed E-state index contributed by atoms with van der Waals surface area (Å²) in [6.07, 6.45) is 2.24. The zero-order valence-electron chi connectivity index (χ0n) is 22.8. The number of carbonyl (C=O) groups is 3. The van der Waals surface area contributed by atoms with Crippen LogP contribution in [0.4, 0.5) is 8.78 Å². The van der Waals surface area contributed by atoms with Gasteiger partial charge in [0.25, 0.3) is 5.91 Å². The summed E-state index contributed by atoms with van der Waals surface area (Å²) in [5, 5.41) is 6.28. The molecule has 11 heteroatoms. The average Bonchev–Trinajstić information content (AvgIpc) is 3.68. The number of ether oxygens (including phenoxy) is 1. The fourth-order valence-corrected chi connectivity index (χ4v) is 5.95. The summed E-state index contributed by atoms with van der Waals surface area (Å²) >= 11 is 0. The number of hydrogen-bond acceptors (Lipinski definition) is 5. The number of halogens is 2. The topological polar surface area (TPSA) is 116 Å². The van der Waals surface area contributed by atoms with Gasteiger partial charge in [-0.25, -0.2) is 0 Å². The maximum atomic E-state index is 13.2. The number of rotatable bonds is 8. The van der Waals surface area contributed by atoms with E-state index in [0.29, 0.717) is 5.56 Å². The molecule has 2 aromatic carbocycles. The van der Waals surface area contributed by atoms with Gasteiger partial charge in [0.1, 0.15) is 6.04 Å². The Morgan fingerprint density at radius 2 is 1.88 bits per heavy atom. The zero-order chi connectivity index (χ0) is 29.4. The summed E-state index contributed by atoms with van der Waals surface area (Å²) in [5.41, 5.74) is 6.35. The van der Waals surface area contributed by atoms with Crippen LogP contribution in [0.3, 0.4) is 0 Å². The molecule has 2 aromatic heterocycles. The van der Waals surface area contributed by atoms with Crippen LogP contribution in [0.25, 0.3) is 22.0 Å². The van der Waals surface area contributed by atoms with Gasteiger partial charge >= 0.3 is 6.61 Å². The minimum absolute atomic E-state index is 0.0884. The highest BCUT2D eigenvalue weighted by molar-refractivity contribution is 5.99. The lowest BCUT2D eigenvalue weighted by Gasteiger charge is -2.24. The predicted octanol–water partition coefficient (Wildman–Crippen LogP) is 3.95. The Bertz CT molecular complexity index is 1640. The molecular weight excluding hydrogens is 544 g/mol. The van der Waals surface area contributed by atoms with Crippen LogP contribution in [-0.2, 0) is 20.9 Å². The van der Waals surface area contributed by atoms with Gasteiger partial charge in [0, 0.05) is 53.4 Å². The Morgan fingerprint density at radius 1 is 1.07 bits per heavy atom. The van der Waals surface area contributed by atoms with Crippen molar-refractivity contribution in [3.63, 3.8) is 0 Å². The van der Waals surface area contributed by atoms with Crippen LogP contribution >= 0.6 is 0 Å². The number of hydrogen-bond donors (Lipinski definition) is 3. The summed E-state index contributed by atoms with van der Waals surface area (Å²) in [4.78, 5) is 47.8. The maximum absolute atomic E-state index is 13.2. The molecule has 9 nitrogen and oxygen atoms in total. The van der Waals surface area contributed by atoms with Gasteiger partial charge in [0.2, 0.25) is 11.8 Å². The second-order valence-electron chi connectivity index (χ2n) is 10.6. The van der Waals surface area contributed by atoms with Crippen molar-refractivity contribution in [2.24, 2.45) is 0 Å². The summed E-state index contributed by atoms with van der Waals surface area (Å²) in [7, 11) is 0. The largest absolute Gasteiger partial charge is 0.357 e. The van der Waals surface area contributed by atoms with Crippen LogP contribution in [0.2, 0.25) is 0 Å². The maximum Gasteiger partial charge on any atom is 0.345 e. The first-order valence-electron chi connectivity index (χ1n) is 13.7. The lowest BCUT2D eigenvalue weighted by Crippen LogP contribution is -2.49. The number of benzene rings is 2. The molecule has 0 spiro atoms. The standard InChI is InChI=1S/C31H29F2N5O4/c1-17-22-4-2-3-5-24(22)25-11-18(6-7-23(17)25)29(40)36-15-28(39)38-16-21(42-31(32)33)12-27(38)30(41)35-14-20-10-19-13-34-9-8-26(19)37-20/h2-11,13,17,21,27,31,37H,12,14-16H2,1H3,(H,35,41)(H,36,40)/t17?,21-,27+/m1/s1. The molecule has 1 fully saturated rings. The number of likely N-dealkylation sites (tertiary alicyclic amines) is 1. The van der Waals surface area contributed by atoms with Crippen LogP contribution in [0.5, 0.6) is 0 Å². The number of nitrogens with one attached hydrogen (secondary N) is 3. The Kier molecular flexibility index (Phi) is 7.42. The third kappa shape index (κ3) is 5.35. The number of alkyl halides is 2. The van der Waals surface area contributed by atoms with Gasteiger partial charge in [0.05, 0.1) is 19.2 Å². The SMILES string of the molecule is CC1c2ccccc2-c2cc(C(=O)NCC(=O)N3C[C@H](OC(F)F)C[C@H]3C(=O)NCc3cc4cnccc4[nH]3)ccc21. The highest BCUT2D eigenvalue weighted by Crippen LogP contribution is 2.44. The van der Waals surface area contributed by atoms with E-state index in [9.17, 15) is 23.2 Å². The highest BCUT2D eigenvalue weighted by atomic mass is 19.3. The summed E-state index contributed by atoms with van der Waals surface area (Å²) in [6, 6.07) is 16.1. The normalized spacial score (nSPS) is 19.1. The molecule has 4 aromatic rings. The van der Waals surface area contributed by atoms with E-state index in [0.717, 1.165) is 33.3 Å². The van der Waals surface area contributed by atoms with Gasteiger partial charge in [-0.05, 0) is 46.5 Å². The third-order valence-electron chi connectivity index (χ3n) is 8.01. The molecule has 1 unspecified atom stereocenters. The van der Waals surface area contributed by atoms with Gasteiger partial charge in [-0.15, -0.1) is 0 Å². The molecule has 0 saturated carbocycles. The van der Waals surface area contributed by atoms with Crippen LogP contribution < -0.4 is 10.6 Å². The fraction of sp³-hybridized carbons (Fsp3) is 0.290. The monoisotopic (exact) mass is 573 g/mol. The number of pyridine rings is 1. The van der Waals surface area contributed by atoms with Gasteiger partial charge in [-0.2, -0.15) is 8.78 Å². The number of aromatic nitrogens is 2. The molecule has 0 bridgehead atoms. The van der Waals surface area contributed by atoms with E-state index in [1.54, 1.807) is 24.5 Å². The van der Waals surface area contributed by atoms with Crippen molar-refractivity contribution in [2.45, 2.75) is 44.6 Å². The van der Waals surface area contributed by atoms with Crippen molar-refractivity contribution >= 4 is 28.6 Å². The molecule has 216 valence electrons. The van der Waals surface area contributed by atoms with Crippen LogP contribution in [0, 0.1) is 0 Å². The van der Waals surface area contributed by atoms with Crippen LogP contribution in [0.1, 0.15) is 46.4 Å². The van der Waals surface area contributed by atoms with Gasteiger partial charge in [-0.3, -0.25) is 19.4 Å². The lowest BCUT2D eigenvalue weighted by molar-refractivity contribution is -0.160. The number of H-pyrrole nitrogens is 1. The first-order chi connectivity index (χ1) is 20.3. The summed E-state index contributed by atoms with van der Waals surface area (Å²) in [5.74, 6) is -1.31. The fourth-order valence-electron chi connectivity index (χ4n) is 5.95. The molecule has 1 aliphatic carbocycles. The molecule has 3 atom stereocenters. The molecule has 3 N–H and O–H groups in total. The zero-order valence-corrected chi connectivity index (χ0v) is 22.8. The molecule has 3 amide bonds. The van der Waals surface area contributed by atoms with Gasteiger partial charge in [0.15, 0.2) is 0 Å². The van der Waals surface area contributed by atoms with Crippen molar-refractivity contribution in [1.82, 2.24) is 25.5 Å². The van der Waals surface area contributed by atoms with Gasteiger partial charge < -0.3 is 25.3 Å². The Labute approximate surface area is 240 Å². The second-order valence-corrected chi connectivity index (χ2v) is 10.6. The number of fused-ring (bicyclic) bond motifs is 4. The first kappa shape index (κ1) is 27.5. The summed E-state index contributed by atoms with van der Waals surface area (Å²) < 4.78 is 30.6. The predicted molar refractivity (Wildman–Crippen MR) is 151 cm³/mol. The number of aromatic amines is 1. The van der Waals surface area contributed by atoms with E-state index in [1.807, 2.05) is 36.4 Å². The Balaban J connectivity index is 1.11. The van der Waals surface area contributed by atoms with Crippen molar-refractivity contribution in [3.05, 3.63) is 89.4 Å². The number of nitrogens with zero attached hydrogens (tertiary/aromatic N) is 2. The quantitative estimate of drug-likeness (QED) is 0.295. The minimum Gasteiger partial charge on any atom is -0.357 e. The van der Waals surface area contributed by atoms with Crippen molar-refractivity contribution < 1.29 is 27.9 Å². The third-order valence-corrected chi connectivity index (χ3v) is 8.01. The lowest BCUT2D eigenvalue weighted by atomic mass is 9.98. The van der Waals surface area contributed by atoms with E-state index in [-0.39, 0.29) is 25.4 Å². The first-order valence-corrected chi connectivity index (χ1v) is 13.7.